The minimum Gasteiger partial charge on any atom is -0.491 e. The van der Waals surface area contributed by atoms with Crippen molar-refractivity contribution in [2.75, 3.05) is 63.5 Å². The maximum atomic E-state index is 12.5. The fraction of sp³-hybridized carbons (Fsp3) is 0.632. The standard InChI is InChI=1S/C19H29N3O5S/c1-20-7-9-21(10-8-20)11-12-22(28(2,25)26)17-6-5-16(19(23)24)13-18(17)27-14-15-3-4-15/h5-6,13,15H,3-4,7-12,14H2,1-2H3,(H,23,24). The third kappa shape index (κ3) is 5.59. The summed E-state index contributed by atoms with van der Waals surface area (Å²) in [6.45, 7) is 5.11. The Labute approximate surface area is 166 Å². The molecule has 0 unspecified atom stereocenters. The van der Waals surface area contributed by atoms with E-state index in [-0.39, 0.29) is 5.56 Å². The van der Waals surface area contributed by atoms with Crippen LogP contribution in [-0.4, -0.2) is 88.5 Å². The molecule has 0 amide bonds. The van der Waals surface area contributed by atoms with Crippen LogP contribution in [0, 0.1) is 5.92 Å². The van der Waals surface area contributed by atoms with Crippen LogP contribution in [0.15, 0.2) is 18.2 Å². The first-order valence-electron chi connectivity index (χ1n) is 9.63. The Bertz CT molecular complexity index is 802. The SMILES string of the molecule is CN1CCN(CCN(c2ccc(C(=O)O)cc2OCC2CC2)S(C)(=O)=O)CC1. The largest absolute Gasteiger partial charge is 0.491 e. The molecule has 3 rings (SSSR count). The van der Waals surface area contributed by atoms with E-state index in [1.54, 1.807) is 0 Å². The Balaban J connectivity index is 1.80. The fourth-order valence-electron chi connectivity index (χ4n) is 3.23. The van der Waals surface area contributed by atoms with Crippen molar-refractivity contribution in [2.45, 2.75) is 12.8 Å². The molecule has 0 aromatic heterocycles. The first-order chi connectivity index (χ1) is 13.2. The summed E-state index contributed by atoms with van der Waals surface area (Å²) in [6.07, 6.45) is 3.35. The summed E-state index contributed by atoms with van der Waals surface area (Å²) in [6, 6.07) is 4.39. The molecule has 0 atom stereocenters. The van der Waals surface area contributed by atoms with Gasteiger partial charge in [-0.2, -0.15) is 0 Å². The Morgan fingerprint density at radius 3 is 2.50 bits per heavy atom. The van der Waals surface area contributed by atoms with Gasteiger partial charge >= 0.3 is 5.97 Å². The molecule has 1 N–H and O–H groups in total. The van der Waals surface area contributed by atoms with Gasteiger partial charge in [-0.1, -0.05) is 0 Å². The Morgan fingerprint density at radius 2 is 1.93 bits per heavy atom. The van der Waals surface area contributed by atoms with Gasteiger partial charge in [0.25, 0.3) is 0 Å². The van der Waals surface area contributed by atoms with E-state index in [4.69, 9.17) is 4.74 Å². The van der Waals surface area contributed by atoms with Crippen molar-refractivity contribution in [3.05, 3.63) is 23.8 Å². The number of hydrogen-bond donors (Lipinski definition) is 1. The number of carboxylic acids is 1. The minimum absolute atomic E-state index is 0.0852. The molecule has 1 saturated heterocycles. The highest BCUT2D eigenvalue weighted by Gasteiger charge is 2.26. The molecule has 156 valence electrons. The molecule has 9 heteroatoms. The smallest absolute Gasteiger partial charge is 0.335 e. The van der Waals surface area contributed by atoms with Crippen LogP contribution in [-0.2, 0) is 10.0 Å². The number of sulfonamides is 1. The maximum Gasteiger partial charge on any atom is 0.335 e. The van der Waals surface area contributed by atoms with Crippen LogP contribution < -0.4 is 9.04 Å². The third-order valence-corrected chi connectivity index (χ3v) is 6.44. The third-order valence-electron chi connectivity index (χ3n) is 5.26. The quantitative estimate of drug-likeness (QED) is 0.653. The summed E-state index contributed by atoms with van der Waals surface area (Å²) >= 11 is 0. The lowest BCUT2D eigenvalue weighted by molar-refractivity contribution is 0.0696. The maximum absolute atomic E-state index is 12.5. The summed E-state index contributed by atoms with van der Waals surface area (Å²) in [5.74, 6) is -0.278. The van der Waals surface area contributed by atoms with Crippen molar-refractivity contribution >= 4 is 21.7 Å². The molecule has 0 radical (unpaired) electrons. The summed E-state index contributed by atoms with van der Waals surface area (Å²) < 4.78 is 32.2. The minimum atomic E-state index is -3.54. The van der Waals surface area contributed by atoms with E-state index in [0.717, 1.165) is 39.0 Å². The first-order valence-corrected chi connectivity index (χ1v) is 11.5. The van der Waals surface area contributed by atoms with Crippen molar-refractivity contribution in [2.24, 2.45) is 5.92 Å². The second-order valence-corrected chi connectivity index (χ2v) is 9.63. The number of benzene rings is 1. The molecule has 8 nitrogen and oxygen atoms in total. The highest BCUT2D eigenvalue weighted by atomic mass is 32.2. The van der Waals surface area contributed by atoms with E-state index in [9.17, 15) is 18.3 Å². The lowest BCUT2D eigenvalue weighted by Crippen LogP contribution is -2.47. The van der Waals surface area contributed by atoms with Crippen LogP contribution in [0.2, 0.25) is 0 Å². The number of rotatable bonds is 9. The molecule has 2 fully saturated rings. The zero-order chi connectivity index (χ0) is 20.3. The molecule has 0 spiro atoms. The van der Waals surface area contributed by atoms with E-state index in [1.807, 2.05) is 0 Å². The fourth-order valence-corrected chi connectivity index (χ4v) is 4.15. The molecule has 0 bridgehead atoms. The number of ether oxygens (including phenoxy) is 1. The van der Waals surface area contributed by atoms with Crippen molar-refractivity contribution < 1.29 is 23.1 Å². The molecule has 2 aliphatic rings. The zero-order valence-corrected chi connectivity index (χ0v) is 17.3. The average molecular weight is 412 g/mol. The number of carboxylic acid groups (broad SMARTS) is 1. The second kappa shape index (κ2) is 8.67. The normalized spacial score (nSPS) is 18.8. The Hall–Kier alpha value is -1.84. The van der Waals surface area contributed by atoms with Gasteiger partial charge in [-0.05, 0) is 44.0 Å². The van der Waals surface area contributed by atoms with E-state index in [1.165, 1.54) is 28.8 Å². The zero-order valence-electron chi connectivity index (χ0n) is 16.5. The number of aromatic carboxylic acids is 1. The van der Waals surface area contributed by atoms with Gasteiger partial charge in [0.1, 0.15) is 5.75 Å². The number of nitrogens with zero attached hydrogens (tertiary/aromatic N) is 3. The summed E-state index contributed by atoms with van der Waals surface area (Å²) in [7, 11) is -1.46. The van der Waals surface area contributed by atoms with Crippen LogP contribution in [0.5, 0.6) is 5.75 Å². The topological polar surface area (TPSA) is 90.4 Å². The van der Waals surface area contributed by atoms with Gasteiger partial charge in [0.15, 0.2) is 0 Å². The van der Waals surface area contributed by atoms with E-state index >= 15 is 0 Å². The van der Waals surface area contributed by atoms with Crippen LogP contribution >= 0.6 is 0 Å². The summed E-state index contributed by atoms with van der Waals surface area (Å²) in [4.78, 5) is 15.8. The number of piperazine rings is 1. The van der Waals surface area contributed by atoms with Crippen molar-refractivity contribution in [1.82, 2.24) is 9.80 Å². The lowest BCUT2D eigenvalue weighted by atomic mass is 10.2. The molecule has 1 aromatic rings. The van der Waals surface area contributed by atoms with Crippen molar-refractivity contribution in [1.29, 1.82) is 0 Å². The molecule has 1 aliphatic heterocycles. The highest BCUT2D eigenvalue weighted by molar-refractivity contribution is 7.92. The number of likely N-dealkylation sites (N-methyl/N-ethyl adjacent to an activating group) is 1. The molecule has 1 aromatic carbocycles. The molecule has 1 heterocycles. The van der Waals surface area contributed by atoms with Crippen molar-refractivity contribution in [3.63, 3.8) is 0 Å². The molecule has 28 heavy (non-hydrogen) atoms. The monoisotopic (exact) mass is 411 g/mol. The van der Waals surface area contributed by atoms with Gasteiger partial charge in [-0.15, -0.1) is 0 Å². The van der Waals surface area contributed by atoms with Crippen molar-refractivity contribution in [3.8, 4) is 5.75 Å². The molecule has 1 aliphatic carbocycles. The predicted molar refractivity (Wildman–Crippen MR) is 108 cm³/mol. The number of anilines is 1. The van der Waals surface area contributed by atoms with E-state index < -0.39 is 16.0 Å². The van der Waals surface area contributed by atoms with Gasteiger partial charge in [0.2, 0.25) is 10.0 Å². The van der Waals surface area contributed by atoms with E-state index in [0.29, 0.717) is 37.1 Å². The summed E-state index contributed by atoms with van der Waals surface area (Å²) in [5, 5.41) is 9.29. The first kappa shape index (κ1) is 20.9. The average Bonchev–Trinajstić information content (AvgIpc) is 3.45. The molecule has 1 saturated carbocycles. The van der Waals surface area contributed by atoms with Gasteiger partial charge in [-0.3, -0.25) is 9.21 Å². The summed E-state index contributed by atoms with van der Waals surface area (Å²) in [5.41, 5.74) is 0.490. The Kier molecular flexibility index (Phi) is 6.47. The second-order valence-electron chi connectivity index (χ2n) is 7.72. The number of carbonyl (C=O) groups is 1. The number of hydrogen-bond acceptors (Lipinski definition) is 6. The van der Waals surface area contributed by atoms with Gasteiger partial charge < -0.3 is 14.7 Å². The van der Waals surface area contributed by atoms with Crippen LogP contribution in [0.4, 0.5) is 5.69 Å². The van der Waals surface area contributed by atoms with Gasteiger partial charge in [0, 0.05) is 39.3 Å². The predicted octanol–water partition coefficient (Wildman–Crippen LogP) is 1.19. The lowest BCUT2D eigenvalue weighted by Gasteiger charge is -2.34. The Morgan fingerprint density at radius 1 is 1.25 bits per heavy atom. The molecular weight excluding hydrogens is 382 g/mol. The highest BCUT2D eigenvalue weighted by Crippen LogP contribution is 2.35. The van der Waals surface area contributed by atoms with Gasteiger partial charge in [-0.25, -0.2) is 13.2 Å². The molecular formula is C19H29N3O5S. The van der Waals surface area contributed by atoms with Gasteiger partial charge in [0.05, 0.1) is 24.1 Å². The van der Waals surface area contributed by atoms with E-state index in [2.05, 4.69) is 16.8 Å². The van der Waals surface area contributed by atoms with Crippen LogP contribution in [0.25, 0.3) is 0 Å². The van der Waals surface area contributed by atoms with Crippen LogP contribution in [0.1, 0.15) is 23.2 Å². The van der Waals surface area contributed by atoms with Crippen LogP contribution in [0.3, 0.4) is 0 Å².